The number of Topliss-reactive ketones (excluding diaryl/α,β-unsaturated/α-hetero) is 1. The number of nitrogens with zero attached hydrogens (tertiary/aromatic N) is 2. The Morgan fingerprint density at radius 1 is 1.48 bits per heavy atom. The molecule has 1 saturated heterocycles. The number of ether oxygens (including phenoxy) is 2. The van der Waals surface area contributed by atoms with E-state index in [4.69, 9.17) is 21.1 Å². The van der Waals surface area contributed by atoms with Gasteiger partial charge in [0, 0.05) is 13.5 Å². The van der Waals surface area contributed by atoms with E-state index in [1.807, 2.05) is 0 Å². The Morgan fingerprint density at radius 3 is 2.95 bits per heavy atom. The highest BCUT2D eigenvalue weighted by atomic mass is 35.5. The zero-order valence-corrected chi connectivity index (χ0v) is 13.1. The van der Waals surface area contributed by atoms with Gasteiger partial charge in [0.2, 0.25) is 0 Å². The second-order valence-electron chi connectivity index (χ2n) is 5.05. The van der Waals surface area contributed by atoms with Crippen LogP contribution in [0.3, 0.4) is 0 Å². The van der Waals surface area contributed by atoms with Crippen molar-refractivity contribution < 1.29 is 14.3 Å². The van der Waals surface area contributed by atoms with Crippen LogP contribution >= 0.6 is 11.6 Å². The number of aromatic nitrogens is 2. The lowest BCUT2D eigenvalue weighted by atomic mass is 10.1. The van der Waals surface area contributed by atoms with Crippen molar-refractivity contribution in [1.29, 1.82) is 0 Å². The van der Waals surface area contributed by atoms with E-state index >= 15 is 0 Å². The van der Waals surface area contributed by atoms with Crippen molar-refractivity contribution in [2.75, 3.05) is 33.4 Å². The predicted molar refractivity (Wildman–Crippen MR) is 79.9 cm³/mol. The molecule has 2 heterocycles. The Kier molecular flexibility index (Phi) is 6.63. The standard InChI is InChI=1S/C14H22ClN3O3/c1-20-9-7-18-14(12(15)10-17-18)13(19)4-8-21-11-2-5-16-6-3-11/h10-11,16H,2-9H2,1H3. The van der Waals surface area contributed by atoms with Gasteiger partial charge < -0.3 is 14.8 Å². The molecule has 0 saturated carbocycles. The lowest BCUT2D eigenvalue weighted by Crippen LogP contribution is -2.32. The molecule has 1 aromatic rings. The minimum absolute atomic E-state index is 0.0393. The molecule has 0 radical (unpaired) electrons. The molecule has 1 aliphatic rings. The fraction of sp³-hybridized carbons (Fsp3) is 0.714. The average Bonchev–Trinajstić information content (AvgIpc) is 2.87. The molecule has 118 valence electrons. The third kappa shape index (κ3) is 4.78. The Morgan fingerprint density at radius 2 is 2.24 bits per heavy atom. The molecule has 0 unspecified atom stereocenters. The number of carbonyl (C=O) groups excluding carboxylic acids is 1. The SMILES string of the molecule is COCCn1ncc(Cl)c1C(=O)CCOC1CCNCC1. The van der Waals surface area contributed by atoms with Crippen LogP contribution in [0.1, 0.15) is 29.8 Å². The van der Waals surface area contributed by atoms with Gasteiger partial charge in [0.25, 0.3) is 0 Å². The van der Waals surface area contributed by atoms with Gasteiger partial charge in [-0.2, -0.15) is 5.10 Å². The second kappa shape index (κ2) is 8.48. The monoisotopic (exact) mass is 315 g/mol. The molecule has 1 N–H and O–H groups in total. The number of halogens is 1. The predicted octanol–water partition coefficient (Wildman–Crippen LogP) is 1.52. The van der Waals surface area contributed by atoms with Crippen molar-refractivity contribution >= 4 is 17.4 Å². The first-order valence-corrected chi connectivity index (χ1v) is 7.66. The van der Waals surface area contributed by atoms with Crippen molar-refractivity contribution in [3.63, 3.8) is 0 Å². The van der Waals surface area contributed by atoms with Crippen LogP contribution in [0.2, 0.25) is 5.02 Å². The molecule has 2 rings (SSSR count). The summed E-state index contributed by atoms with van der Waals surface area (Å²) in [7, 11) is 1.61. The van der Waals surface area contributed by atoms with Gasteiger partial charge in [0.15, 0.2) is 5.78 Å². The zero-order valence-electron chi connectivity index (χ0n) is 12.3. The van der Waals surface area contributed by atoms with E-state index in [0.717, 1.165) is 25.9 Å². The van der Waals surface area contributed by atoms with Crippen LogP contribution in [0.25, 0.3) is 0 Å². The van der Waals surface area contributed by atoms with Crippen LogP contribution in [0.15, 0.2) is 6.20 Å². The van der Waals surface area contributed by atoms with E-state index < -0.39 is 0 Å². The average molecular weight is 316 g/mol. The maximum Gasteiger partial charge on any atom is 0.184 e. The summed E-state index contributed by atoms with van der Waals surface area (Å²) in [5.41, 5.74) is 0.447. The summed E-state index contributed by atoms with van der Waals surface area (Å²) in [4.78, 5) is 12.3. The topological polar surface area (TPSA) is 65.4 Å². The van der Waals surface area contributed by atoms with Crippen molar-refractivity contribution in [1.82, 2.24) is 15.1 Å². The number of rotatable bonds is 8. The van der Waals surface area contributed by atoms with Crippen molar-refractivity contribution in [3.8, 4) is 0 Å². The maximum atomic E-state index is 12.3. The quantitative estimate of drug-likeness (QED) is 0.737. The summed E-state index contributed by atoms with van der Waals surface area (Å²) in [6.45, 7) is 3.39. The summed E-state index contributed by atoms with van der Waals surface area (Å²) in [6.07, 6.45) is 4.08. The highest BCUT2D eigenvalue weighted by molar-refractivity contribution is 6.33. The number of hydrogen-bond acceptors (Lipinski definition) is 5. The van der Waals surface area contributed by atoms with E-state index in [2.05, 4.69) is 10.4 Å². The van der Waals surface area contributed by atoms with E-state index in [-0.39, 0.29) is 11.9 Å². The molecule has 0 aromatic carbocycles. The molecule has 0 amide bonds. The molecule has 21 heavy (non-hydrogen) atoms. The van der Waals surface area contributed by atoms with E-state index in [1.54, 1.807) is 11.8 Å². The number of nitrogens with one attached hydrogen (secondary N) is 1. The molecule has 1 aromatic heterocycles. The minimum atomic E-state index is -0.0393. The summed E-state index contributed by atoms with van der Waals surface area (Å²) < 4.78 is 12.4. The Balaban J connectivity index is 1.83. The summed E-state index contributed by atoms with van der Waals surface area (Å²) in [5, 5.41) is 7.78. The second-order valence-corrected chi connectivity index (χ2v) is 5.46. The normalized spacial score (nSPS) is 16.3. The van der Waals surface area contributed by atoms with Crippen LogP contribution in [0, 0.1) is 0 Å². The van der Waals surface area contributed by atoms with Gasteiger partial charge in [-0.3, -0.25) is 9.48 Å². The van der Waals surface area contributed by atoms with E-state index in [1.165, 1.54) is 6.20 Å². The van der Waals surface area contributed by atoms with Gasteiger partial charge in [-0.05, 0) is 25.9 Å². The number of ketones is 1. The Hall–Kier alpha value is -0.950. The van der Waals surface area contributed by atoms with E-state index in [0.29, 0.717) is 36.9 Å². The fourth-order valence-electron chi connectivity index (χ4n) is 2.39. The lowest BCUT2D eigenvalue weighted by Gasteiger charge is -2.22. The first-order valence-electron chi connectivity index (χ1n) is 7.28. The molecule has 0 bridgehead atoms. The van der Waals surface area contributed by atoms with Crippen LogP contribution in [0.4, 0.5) is 0 Å². The highest BCUT2D eigenvalue weighted by Gasteiger charge is 2.18. The zero-order chi connectivity index (χ0) is 15.1. The number of carbonyl (C=O) groups is 1. The van der Waals surface area contributed by atoms with Gasteiger partial charge in [-0.15, -0.1) is 0 Å². The first kappa shape index (κ1) is 16.4. The Bertz CT molecular complexity index is 458. The molecule has 0 spiro atoms. The van der Waals surface area contributed by atoms with Gasteiger partial charge >= 0.3 is 0 Å². The van der Waals surface area contributed by atoms with Gasteiger partial charge in [0.1, 0.15) is 5.69 Å². The molecular formula is C14H22ClN3O3. The fourth-order valence-corrected chi connectivity index (χ4v) is 2.63. The van der Waals surface area contributed by atoms with Crippen LogP contribution in [0.5, 0.6) is 0 Å². The first-order chi connectivity index (χ1) is 10.2. The van der Waals surface area contributed by atoms with Crippen LogP contribution in [-0.4, -0.2) is 55.1 Å². The van der Waals surface area contributed by atoms with Crippen molar-refractivity contribution in [2.45, 2.75) is 31.9 Å². The minimum Gasteiger partial charge on any atom is -0.383 e. The largest absolute Gasteiger partial charge is 0.383 e. The number of piperidine rings is 1. The Labute approximate surface area is 129 Å². The number of methoxy groups -OCH3 is 1. The third-order valence-corrected chi connectivity index (χ3v) is 3.81. The van der Waals surface area contributed by atoms with Gasteiger partial charge in [-0.25, -0.2) is 0 Å². The third-order valence-electron chi connectivity index (χ3n) is 3.53. The lowest BCUT2D eigenvalue weighted by molar-refractivity contribution is 0.0311. The van der Waals surface area contributed by atoms with Crippen LogP contribution < -0.4 is 5.32 Å². The van der Waals surface area contributed by atoms with Gasteiger partial charge in [0.05, 0.1) is 37.1 Å². The molecule has 6 nitrogen and oxygen atoms in total. The molecule has 7 heteroatoms. The molecular weight excluding hydrogens is 294 g/mol. The molecule has 0 aliphatic carbocycles. The molecule has 1 aliphatic heterocycles. The summed E-state index contributed by atoms with van der Waals surface area (Å²) >= 11 is 6.05. The smallest absolute Gasteiger partial charge is 0.184 e. The maximum absolute atomic E-state index is 12.3. The number of hydrogen-bond donors (Lipinski definition) is 1. The molecule has 0 atom stereocenters. The highest BCUT2D eigenvalue weighted by Crippen LogP contribution is 2.17. The van der Waals surface area contributed by atoms with Crippen molar-refractivity contribution in [2.24, 2.45) is 0 Å². The summed E-state index contributed by atoms with van der Waals surface area (Å²) in [6, 6.07) is 0. The van der Waals surface area contributed by atoms with E-state index in [9.17, 15) is 4.79 Å². The summed E-state index contributed by atoms with van der Waals surface area (Å²) in [5.74, 6) is -0.0393. The van der Waals surface area contributed by atoms with Crippen molar-refractivity contribution in [3.05, 3.63) is 16.9 Å². The van der Waals surface area contributed by atoms with Gasteiger partial charge in [-0.1, -0.05) is 11.6 Å². The van der Waals surface area contributed by atoms with Crippen LogP contribution in [-0.2, 0) is 16.0 Å². The molecule has 1 fully saturated rings.